The highest BCUT2D eigenvalue weighted by Gasteiger charge is 2.38. The van der Waals surface area contributed by atoms with E-state index in [1.165, 1.54) is 4.90 Å². The molecule has 1 amide bonds. The van der Waals surface area contributed by atoms with E-state index in [4.69, 9.17) is 10.8 Å². The third kappa shape index (κ3) is 2.21. The van der Waals surface area contributed by atoms with Crippen molar-refractivity contribution in [1.82, 2.24) is 4.90 Å². The van der Waals surface area contributed by atoms with Gasteiger partial charge in [-0.15, -0.1) is 0 Å². The van der Waals surface area contributed by atoms with E-state index in [0.29, 0.717) is 0 Å². The van der Waals surface area contributed by atoms with Crippen LogP contribution in [-0.4, -0.2) is 52.2 Å². The summed E-state index contributed by atoms with van der Waals surface area (Å²) in [6, 6.07) is -0.899. The lowest BCUT2D eigenvalue weighted by molar-refractivity contribution is -0.148. The quantitative estimate of drug-likeness (QED) is 0.510. The van der Waals surface area contributed by atoms with E-state index >= 15 is 0 Å². The average molecular weight is 202 g/mol. The monoisotopic (exact) mass is 202 g/mol. The minimum atomic E-state index is -1.08. The molecule has 1 aliphatic rings. The second-order valence-electron chi connectivity index (χ2n) is 3.33. The van der Waals surface area contributed by atoms with Gasteiger partial charge in [-0.25, -0.2) is 4.79 Å². The number of rotatable bonds is 3. The molecule has 1 fully saturated rings. The number of carboxylic acids is 1. The Morgan fingerprint density at radius 1 is 1.50 bits per heavy atom. The largest absolute Gasteiger partial charge is 0.480 e. The highest BCUT2D eigenvalue weighted by molar-refractivity contribution is 5.84. The van der Waals surface area contributed by atoms with Gasteiger partial charge in [0.1, 0.15) is 6.04 Å². The first-order chi connectivity index (χ1) is 6.56. The molecule has 6 heteroatoms. The van der Waals surface area contributed by atoms with Crippen molar-refractivity contribution in [3.05, 3.63) is 0 Å². The van der Waals surface area contributed by atoms with E-state index in [1.807, 2.05) is 0 Å². The SMILES string of the molecule is NCCC(=O)N1C[C@@H](O)C[C@H]1C(=O)O. The number of carboxylic acid groups (broad SMARTS) is 1. The van der Waals surface area contributed by atoms with Gasteiger partial charge >= 0.3 is 5.97 Å². The first kappa shape index (κ1) is 10.9. The number of hydrogen-bond donors (Lipinski definition) is 3. The summed E-state index contributed by atoms with van der Waals surface area (Å²) in [6.45, 7) is 0.285. The molecule has 80 valence electrons. The topological polar surface area (TPSA) is 104 Å². The lowest BCUT2D eigenvalue weighted by Crippen LogP contribution is -2.41. The van der Waals surface area contributed by atoms with Crippen molar-refractivity contribution < 1.29 is 19.8 Å². The molecule has 0 spiro atoms. The maximum atomic E-state index is 11.4. The molecular formula is C8H14N2O4. The van der Waals surface area contributed by atoms with E-state index in [1.54, 1.807) is 0 Å². The molecule has 1 saturated heterocycles. The first-order valence-corrected chi connectivity index (χ1v) is 4.46. The Bertz CT molecular complexity index is 243. The Morgan fingerprint density at radius 2 is 2.14 bits per heavy atom. The van der Waals surface area contributed by atoms with Crippen LogP contribution < -0.4 is 5.73 Å². The zero-order valence-corrected chi connectivity index (χ0v) is 7.72. The Labute approximate surface area is 81.3 Å². The number of hydrogen-bond acceptors (Lipinski definition) is 4. The Hall–Kier alpha value is -1.14. The van der Waals surface area contributed by atoms with Crippen LogP contribution in [0.5, 0.6) is 0 Å². The minimum absolute atomic E-state index is 0.0931. The summed E-state index contributed by atoms with van der Waals surface area (Å²) in [5.41, 5.74) is 5.20. The van der Waals surface area contributed by atoms with E-state index < -0.39 is 18.1 Å². The molecule has 0 aromatic heterocycles. The smallest absolute Gasteiger partial charge is 0.326 e. The number of carbonyl (C=O) groups is 2. The van der Waals surface area contributed by atoms with Crippen molar-refractivity contribution in [2.24, 2.45) is 5.73 Å². The standard InChI is InChI=1S/C8H14N2O4/c9-2-1-7(12)10-4-5(11)3-6(10)8(13)14/h5-6,11H,1-4,9H2,(H,13,14)/t5-,6-/m0/s1. The molecule has 0 aliphatic carbocycles. The molecule has 1 rings (SSSR count). The lowest BCUT2D eigenvalue weighted by Gasteiger charge is -2.20. The van der Waals surface area contributed by atoms with Crippen molar-refractivity contribution >= 4 is 11.9 Å². The average Bonchev–Trinajstić information content (AvgIpc) is 2.48. The third-order valence-corrected chi connectivity index (χ3v) is 2.24. The molecular weight excluding hydrogens is 188 g/mol. The van der Waals surface area contributed by atoms with Gasteiger partial charge in [0.05, 0.1) is 6.10 Å². The number of amides is 1. The molecule has 0 unspecified atom stereocenters. The van der Waals surface area contributed by atoms with Crippen molar-refractivity contribution in [3.63, 3.8) is 0 Å². The first-order valence-electron chi connectivity index (χ1n) is 4.46. The van der Waals surface area contributed by atoms with Gasteiger partial charge in [-0.3, -0.25) is 4.79 Å². The van der Waals surface area contributed by atoms with Gasteiger partial charge in [-0.2, -0.15) is 0 Å². The van der Waals surface area contributed by atoms with Crippen LogP contribution in [-0.2, 0) is 9.59 Å². The molecule has 0 aromatic rings. The van der Waals surface area contributed by atoms with Crippen molar-refractivity contribution in [1.29, 1.82) is 0 Å². The molecule has 2 atom stereocenters. The highest BCUT2D eigenvalue weighted by atomic mass is 16.4. The van der Waals surface area contributed by atoms with Gasteiger partial charge in [0.25, 0.3) is 0 Å². The lowest BCUT2D eigenvalue weighted by atomic mass is 10.2. The molecule has 0 radical (unpaired) electrons. The maximum Gasteiger partial charge on any atom is 0.326 e. The molecule has 0 saturated carbocycles. The molecule has 1 aliphatic heterocycles. The number of aliphatic carboxylic acids is 1. The minimum Gasteiger partial charge on any atom is -0.480 e. The van der Waals surface area contributed by atoms with Gasteiger partial charge in [-0.1, -0.05) is 0 Å². The van der Waals surface area contributed by atoms with Gasteiger partial charge in [0, 0.05) is 25.9 Å². The third-order valence-electron chi connectivity index (χ3n) is 2.24. The predicted octanol–water partition coefficient (Wildman–Crippen LogP) is -1.62. The summed E-state index contributed by atoms with van der Waals surface area (Å²) in [4.78, 5) is 23.3. The molecule has 0 aromatic carbocycles. The van der Waals surface area contributed by atoms with Crippen LogP contribution in [0.2, 0.25) is 0 Å². The van der Waals surface area contributed by atoms with Crippen LogP contribution in [0.1, 0.15) is 12.8 Å². The normalized spacial score (nSPS) is 26.6. The van der Waals surface area contributed by atoms with Crippen LogP contribution in [0.25, 0.3) is 0 Å². The van der Waals surface area contributed by atoms with Crippen LogP contribution in [0.3, 0.4) is 0 Å². The van der Waals surface area contributed by atoms with Crippen LogP contribution >= 0.6 is 0 Å². The summed E-state index contributed by atoms with van der Waals surface area (Å²) >= 11 is 0. The summed E-state index contributed by atoms with van der Waals surface area (Å²) < 4.78 is 0. The van der Waals surface area contributed by atoms with Crippen molar-refractivity contribution in [2.75, 3.05) is 13.1 Å². The van der Waals surface area contributed by atoms with E-state index in [-0.39, 0.29) is 31.8 Å². The number of likely N-dealkylation sites (tertiary alicyclic amines) is 1. The number of carbonyl (C=O) groups excluding carboxylic acids is 1. The Balaban J connectivity index is 2.66. The van der Waals surface area contributed by atoms with Gasteiger partial charge < -0.3 is 20.8 Å². The van der Waals surface area contributed by atoms with Crippen LogP contribution in [0.4, 0.5) is 0 Å². The van der Waals surface area contributed by atoms with E-state index in [2.05, 4.69) is 0 Å². The Morgan fingerprint density at radius 3 is 2.64 bits per heavy atom. The number of aliphatic hydroxyl groups excluding tert-OH is 1. The highest BCUT2D eigenvalue weighted by Crippen LogP contribution is 2.18. The second kappa shape index (κ2) is 4.39. The molecule has 14 heavy (non-hydrogen) atoms. The zero-order valence-electron chi connectivity index (χ0n) is 7.72. The maximum absolute atomic E-state index is 11.4. The van der Waals surface area contributed by atoms with Gasteiger partial charge in [0.15, 0.2) is 0 Å². The zero-order chi connectivity index (χ0) is 10.7. The fourth-order valence-corrected chi connectivity index (χ4v) is 1.59. The Kier molecular flexibility index (Phi) is 3.43. The van der Waals surface area contributed by atoms with Crippen molar-refractivity contribution in [2.45, 2.75) is 25.0 Å². The summed E-state index contributed by atoms with van der Waals surface area (Å²) in [7, 11) is 0. The van der Waals surface area contributed by atoms with Crippen LogP contribution in [0, 0.1) is 0 Å². The summed E-state index contributed by atoms with van der Waals surface area (Å²) in [6.07, 6.45) is -0.514. The number of nitrogens with zero attached hydrogens (tertiary/aromatic N) is 1. The predicted molar refractivity (Wildman–Crippen MR) is 47.4 cm³/mol. The fraction of sp³-hybridized carbons (Fsp3) is 0.750. The second-order valence-corrected chi connectivity index (χ2v) is 3.33. The van der Waals surface area contributed by atoms with E-state index in [0.717, 1.165) is 0 Å². The van der Waals surface area contributed by atoms with Crippen LogP contribution in [0.15, 0.2) is 0 Å². The van der Waals surface area contributed by atoms with Gasteiger partial charge in [-0.05, 0) is 0 Å². The number of aliphatic hydroxyl groups is 1. The van der Waals surface area contributed by atoms with E-state index in [9.17, 15) is 14.7 Å². The molecule has 0 bridgehead atoms. The summed E-state index contributed by atoms with van der Waals surface area (Å²) in [5, 5.41) is 18.0. The fourth-order valence-electron chi connectivity index (χ4n) is 1.59. The van der Waals surface area contributed by atoms with Gasteiger partial charge in [0.2, 0.25) is 5.91 Å². The summed E-state index contributed by atoms with van der Waals surface area (Å²) in [5.74, 6) is -1.39. The van der Waals surface area contributed by atoms with Crippen molar-refractivity contribution in [3.8, 4) is 0 Å². The molecule has 4 N–H and O–H groups in total. The molecule has 6 nitrogen and oxygen atoms in total. The number of β-amino-alcohol motifs (C(OH)–C–C–N with tert-alkyl or cyclic N) is 1. The molecule has 1 heterocycles. The number of nitrogens with two attached hydrogens (primary N) is 1.